The van der Waals surface area contributed by atoms with Crippen LogP contribution in [0.3, 0.4) is 0 Å². The molecule has 0 heterocycles. The Morgan fingerprint density at radius 1 is 1.55 bits per heavy atom. The Balaban J connectivity index is 2.96. The molecule has 3 N–H and O–H groups in total. The van der Waals surface area contributed by atoms with Gasteiger partial charge < -0.3 is 10.8 Å². The van der Waals surface area contributed by atoms with Crippen LogP contribution in [0.1, 0.15) is 6.92 Å². The highest BCUT2D eigenvalue weighted by atomic mass is 32.2. The highest BCUT2D eigenvalue weighted by Gasteiger charge is 2.02. The summed E-state index contributed by atoms with van der Waals surface area (Å²) < 4.78 is 0. The van der Waals surface area contributed by atoms with Crippen LogP contribution in [0.4, 0.5) is 5.69 Å². The third-order valence-electron chi connectivity index (χ3n) is 1.33. The molecule has 0 saturated carbocycles. The molecular weight excluding hydrogens is 158 g/mol. The van der Waals surface area contributed by atoms with Crippen molar-refractivity contribution in [1.82, 2.24) is 0 Å². The second-order valence-electron chi connectivity index (χ2n) is 2.13. The van der Waals surface area contributed by atoms with E-state index in [1.54, 1.807) is 17.8 Å². The Kier molecular flexibility index (Phi) is 2.65. The van der Waals surface area contributed by atoms with E-state index in [4.69, 9.17) is 5.73 Å². The summed E-state index contributed by atoms with van der Waals surface area (Å²) in [4.78, 5) is 0.854. The number of hydrogen-bond acceptors (Lipinski definition) is 3. The number of hydrogen-bond donors (Lipinski definition) is 2. The van der Waals surface area contributed by atoms with Gasteiger partial charge in [0.15, 0.2) is 5.75 Å². The number of phenols is 1. The second kappa shape index (κ2) is 3.53. The number of thioether (sulfide) groups is 1. The van der Waals surface area contributed by atoms with E-state index in [-0.39, 0.29) is 5.75 Å². The molecule has 0 spiro atoms. The van der Waals surface area contributed by atoms with Crippen LogP contribution >= 0.6 is 11.8 Å². The molecule has 0 amide bonds. The summed E-state index contributed by atoms with van der Waals surface area (Å²) in [5, 5.41) is 9.38. The van der Waals surface area contributed by atoms with Crippen LogP contribution in [0.2, 0.25) is 0 Å². The Hall–Kier alpha value is -0.830. The van der Waals surface area contributed by atoms with Crippen LogP contribution in [-0.2, 0) is 0 Å². The molecule has 60 valence electrons. The molecule has 0 saturated heterocycles. The number of benzene rings is 1. The summed E-state index contributed by atoms with van der Waals surface area (Å²) in [5.41, 5.74) is 5.94. The number of para-hydroxylation sites is 1. The Labute approximate surface area is 70.4 Å². The van der Waals surface area contributed by atoms with Gasteiger partial charge >= 0.3 is 0 Å². The first kappa shape index (κ1) is 8.27. The van der Waals surface area contributed by atoms with E-state index in [0.717, 1.165) is 10.6 Å². The fourth-order valence-corrected chi connectivity index (χ4v) is 1.55. The first-order valence-corrected chi connectivity index (χ1v) is 4.44. The molecule has 2 nitrogen and oxygen atoms in total. The van der Waals surface area contributed by atoms with Crippen LogP contribution in [0.5, 0.6) is 5.75 Å². The average Bonchev–Trinajstić information content (AvgIpc) is 1.99. The smallest absolute Gasteiger partial charge is 0.152 e. The van der Waals surface area contributed by atoms with Crippen LogP contribution in [0.25, 0.3) is 0 Å². The monoisotopic (exact) mass is 169 g/mol. The fourth-order valence-electron chi connectivity index (χ4n) is 0.811. The van der Waals surface area contributed by atoms with Crippen molar-refractivity contribution in [3.63, 3.8) is 0 Å². The zero-order valence-electron chi connectivity index (χ0n) is 6.37. The van der Waals surface area contributed by atoms with Gasteiger partial charge in [-0.25, -0.2) is 0 Å². The number of rotatable bonds is 2. The maximum Gasteiger partial charge on any atom is 0.152 e. The number of nitrogens with two attached hydrogens (primary N) is 1. The van der Waals surface area contributed by atoms with Crippen LogP contribution in [0.15, 0.2) is 23.1 Å². The van der Waals surface area contributed by atoms with Crippen molar-refractivity contribution in [2.24, 2.45) is 0 Å². The number of aromatic hydroxyl groups is 1. The summed E-state index contributed by atoms with van der Waals surface area (Å²) >= 11 is 1.59. The largest absolute Gasteiger partial charge is 0.505 e. The van der Waals surface area contributed by atoms with Gasteiger partial charge in [0.1, 0.15) is 0 Å². The molecule has 0 aliphatic heterocycles. The Morgan fingerprint density at radius 3 is 2.91 bits per heavy atom. The molecule has 0 bridgehead atoms. The maximum atomic E-state index is 9.38. The molecule has 0 aliphatic carbocycles. The first-order valence-electron chi connectivity index (χ1n) is 3.46. The molecule has 0 radical (unpaired) electrons. The Morgan fingerprint density at radius 2 is 2.27 bits per heavy atom. The lowest BCUT2D eigenvalue weighted by atomic mass is 10.3. The maximum absolute atomic E-state index is 9.38. The van der Waals surface area contributed by atoms with Gasteiger partial charge in [0.05, 0.1) is 10.6 Å². The molecule has 3 heteroatoms. The van der Waals surface area contributed by atoms with Gasteiger partial charge in [-0.2, -0.15) is 0 Å². The highest BCUT2D eigenvalue weighted by Crippen LogP contribution is 2.32. The van der Waals surface area contributed by atoms with Gasteiger partial charge in [-0.3, -0.25) is 0 Å². The lowest BCUT2D eigenvalue weighted by Gasteiger charge is -2.03. The van der Waals surface area contributed by atoms with Gasteiger partial charge in [0, 0.05) is 0 Å². The zero-order chi connectivity index (χ0) is 8.27. The average molecular weight is 169 g/mol. The van der Waals surface area contributed by atoms with Crippen molar-refractivity contribution in [3.8, 4) is 5.75 Å². The van der Waals surface area contributed by atoms with Crippen LogP contribution in [0, 0.1) is 0 Å². The summed E-state index contributed by atoms with van der Waals surface area (Å²) in [6, 6.07) is 5.39. The normalized spacial score (nSPS) is 9.91. The van der Waals surface area contributed by atoms with Gasteiger partial charge in [-0.15, -0.1) is 11.8 Å². The molecule has 0 aromatic heterocycles. The van der Waals surface area contributed by atoms with Crippen molar-refractivity contribution >= 4 is 17.4 Å². The molecule has 1 aromatic rings. The zero-order valence-corrected chi connectivity index (χ0v) is 7.19. The molecule has 0 unspecified atom stereocenters. The third kappa shape index (κ3) is 1.80. The summed E-state index contributed by atoms with van der Waals surface area (Å²) in [6.45, 7) is 2.04. The lowest BCUT2D eigenvalue weighted by molar-refractivity contribution is 0.465. The van der Waals surface area contributed by atoms with E-state index < -0.39 is 0 Å². The van der Waals surface area contributed by atoms with E-state index in [2.05, 4.69) is 0 Å². The van der Waals surface area contributed by atoms with E-state index in [1.165, 1.54) is 0 Å². The molecule has 1 rings (SSSR count). The van der Waals surface area contributed by atoms with Crippen molar-refractivity contribution in [3.05, 3.63) is 18.2 Å². The minimum Gasteiger partial charge on any atom is -0.505 e. The van der Waals surface area contributed by atoms with Gasteiger partial charge in [-0.05, 0) is 17.9 Å². The quantitative estimate of drug-likeness (QED) is 0.405. The van der Waals surface area contributed by atoms with E-state index in [9.17, 15) is 5.11 Å². The molecular formula is C8H11NOS. The molecule has 0 aliphatic rings. The summed E-state index contributed by atoms with van der Waals surface area (Å²) in [7, 11) is 0. The standard InChI is InChI=1S/C8H11NOS/c1-2-11-7-5-3-4-6(9)8(7)10/h3-5,10H,2,9H2,1H3. The summed E-state index contributed by atoms with van der Waals surface area (Å²) in [6.07, 6.45) is 0. The van der Waals surface area contributed by atoms with Crippen LogP contribution in [-0.4, -0.2) is 10.9 Å². The van der Waals surface area contributed by atoms with Crippen LogP contribution < -0.4 is 5.73 Å². The van der Waals surface area contributed by atoms with Gasteiger partial charge in [0.25, 0.3) is 0 Å². The molecule has 1 aromatic carbocycles. The minimum absolute atomic E-state index is 0.208. The molecule has 0 atom stereocenters. The first-order chi connectivity index (χ1) is 5.25. The number of anilines is 1. The minimum atomic E-state index is 0.208. The van der Waals surface area contributed by atoms with Crippen molar-refractivity contribution in [2.45, 2.75) is 11.8 Å². The van der Waals surface area contributed by atoms with E-state index >= 15 is 0 Å². The lowest BCUT2D eigenvalue weighted by Crippen LogP contribution is -1.86. The topological polar surface area (TPSA) is 46.2 Å². The number of phenolic OH excluding ortho intramolecular Hbond substituents is 1. The molecule has 0 fully saturated rings. The third-order valence-corrected chi connectivity index (χ3v) is 2.26. The Bertz CT molecular complexity index is 250. The summed E-state index contributed by atoms with van der Waals surface area (Å²) in [5.74, 6) is 1.15. The van der Waals surface area contributed by atoms with E-state index in [0.29, 0.717) is 5.69 Å². The highest BCUT2D eigenvalue weighted by molar-refractivity contribution is 7.99. The van der Waals surface area contributed by atoms with Gasteiger partial charge in [-0.1, -0.05) is 13.0 Å². The SMILES string of the molecule is CCSc1cccc(N)c1O. The molecule has 11 heavy (non-hydrogen) atoms. The second-order valence-corrected chi connectivity index (χ2v) is 3.43. The van der Waals surface area contributed by atoms with Crippen molar-refractivity contribution < 1.29 is 5.11 Å². The van der Waals surface area contributed by atoms with E-state index in [1.807, 2.05) is 19.1 Å². The van der Waals surface area contributed by atoms with Crippen molar-refractivity contribution in [1.29, 1.82) is 0 Å². The number of nitrogen functional groups attached to an aromatic ring is 1. The van der Waals surface area contributed by atoms with Crippen molar-refractivity contribution in [2.75, 3.05) is 11.5 Å². The predicted molar refractivity (Wildman–Crippen MR) is 48.9 cm³/mol. The van der Waals surface area contributed by atoms with Gasteiger partial charge in [0.2, 0.25) is 0 Å². The predicted octanol–water partition coefficient (Wildman–Crippen LogP) is 2.09. The fraction of sp³-hybridized carbons (Fsp3) is 0.250.